The van der Waals surface area contributed by atoms with Gasteiger partial charge < -0.3 is 4.74 Å². The van der Waals surface area contributed by atoms with E-state index in [1.165, 1.54) is 0 Å². The lowest BCUT2D eigenvalue weighted by Gasteiger charge is -2.08. The van der Waals surface area contributed by atoms with Gasteiger partial charge in [0.1, 0.15) is 5.78 Å². The van der Waals surface area contributed by atoms with Crippen molar-refractivity contribution in [2.24, 2.45) is 0 Å². The van der Waals surface area contributed by atoms with Crippen LogP contribution >= 0.6 is 0 Å². The molecule has 3 nitrogen and oxygen atoms in total. The highest BCUT2D eigenvalue weighted by Crippen LogP contribution is 2.02. The lowest BCUT2D eigenvalue weighted by molar-refractivity contribution is -0.118. The van der Waals surface area contributed by atoms with Crippen LogP contribution in [-0.2, 0) is 20.3 Å². The van der Waals surface area contributed by atoms with E-state index in [2.05, 4.69) is 0 Å². The minimum Gasteiger partial charge on any atom is -0.385 e. The van der Waals surface area contributed by atoms with Crippen molar-refractivity contribution in [3.05, 3.63) is 0 Å². The Kier molecular flexibility index (Phi) is 7.09. The minimum atomic E-state index is -1.03. The number of methoxy groups -OCH3 is 1. The maximum atomic E-state index is 11.5. The summed E-state index contributed by atoms with van der Waals surface area (Å²) in [4.78, 5) is 11.2. The van der Waals surface area contributed by atoms with Crippen molar-refractivity contribution in [1.82, 2.24) is 0 Å². The largest absolute Gasteiger partial charge is 0.385 e. The molecule has 4 heteroatoms. The van der Waals surface area contributed by atoms with E-state index in [1.807, 2.05) is 0 Å². The molecule has 0 aliphatic rings. The van der Waals surface area contributed by atoms with Crippen LogP contribution in [0.15, 0.2) is 0 Å². The van der Waals surface area contributed by atoms with Gasteiger partial charge in [-0.05, 0) is 13.3 Å². The highest BCUT2D eigenvalue weighted by atomic mass is 32.2. The lowest BCUT2D eigenvalue weighted by Crippen LogP contribution is -2.24. The summed E-state index contributed by atoms with van der Waals surface area (Å²) in [6, 6.07) is 0. The second-order valence-corrected chi connectivity index (χ2v) is 4.77. The Hall–Kier alpha value is -0.220. The first-order valence-electron chi connectivity index (χ1n) is 4.52. The summed E-state index contributed by atoms with van der Waals surface area (Å²) in [5.41, 5.74) is 0. The van der Waals surface area contributed by atoms with Gasteiger partial charge in [-0.2, -0.15) is 0 Å². The zero-order chi connectivity index (χ0) is 10.3. The van der Waals surface area contributed by atoms with E-state index in [0.29, 0.717) is 18.8 Å². The molecular formula is C9H18O3S. The molecule has 0 fully saturated rings. The fourth-order valence-corrected chi connectivity index (χ4v) is 2.17. The summed E-state index contributed by atoms with van der Waals surface area (Å²) < 4.78 is 16.3. The molecule has 2 unspecified atom stereocenters. The molecule has 0 saturated carbocycles. The van der Waals surface area contributed by atoms with Crippen LogP contribution in [0, 0.1) is 0 Å². The molecule has 0 aromatic carbocycles. The molecule has 0 aliphatic heterocycles. The van der Waals surface area contributed by atoms with Crippen molar-refractivity contribution in [2.75, 3.05) is 19.5 Å². The first-order chi connectivity index (χ1) is 6.13. The Labute approximate surface area is 82.3 Å². The van der Waals surface area contributed by atoms with Crippen molar-refractivity contribution in [3.63, 3.8) is 0 Å². The molecule has 0 rings (SSSR count). The Morgan fingerprint density at radius 3 is 2.62 bits per heavy atom. The summed E-state index contributed by atoms with van der Waals surface area (Å²) in [7, 11) is 0.589. The maximum absolute atomic E-state index is 11.5. The molecular weight excluding hydrogens is 188 g/mol. The van der Waals surface area contributed by atoms with Crippen molar-refractivity contribution >= 4 is 16.6 Å². The number of ether oxygens (including phenoxy) is 1. The smallest absolute Gasteiger partial charge is 0.147 e. The predicted molar refractivity (Wildman–Crippen MR) is 54.3 cm³/mol. The van der Waals surface area contributed by atoms with Gasteiger partial charge in [-0.1, -0.05) is 6.92 Å². The van der Waals surface area contributed by atoms with Crippen LogP contribution in [0.3, 0.4) is 0 Å². The van der Waals surface area contributed by atoms with Gasteiger partial charge in [0.05, 0.1) is 5.25 Å². The molecule has 0 radical (unpaired) electrons. The van der Waals surface area contributed by atoms with E-state index in [4.69, 9.17) is 4.74 Å². The summed E-state index contributed by atoms with van der Waals surface area (Å²) >= 11 is 0. The third-order valence-electron chi connectivity index (χ3n) is 1.89. The fraction of sp³-hybridized carbons (Fsp3) is 0.889. The van der Waals surface area contributed by atoms with Crippen LogP contribution in [0.2, 0.25) is 0 Å². The average Bonchev–Trinajstić information content (AvgIpc) is 2.15. The molecule has 78 valence electrons. The van der Waals surface area contributed by atoms with Crippen molar-refractivity contribution < 1.29 is 13.7 Å². The van der Waals surface area contributed by atoms with Gasteiger partial charge in [0.25, 0.3) is 0 Å². The van der Waals surface area contributed by atoms with Gasteiger partial charge in [0, 0.05) is 36.7 Å². The van der Waals surface area contributed by atoms with E-state index in [9.17, 15) is 9.00 Å². The standard InChI is InChI=1S/C9H18O3S/c1-4-9(10)8(2)13(11)7-5-6-12-3/h8H,4-7H2,1-3H3. The zero-order valence-corrected chi connectivity index (χ0v) is 9.36. The quantitative estimate of drug-likeness (QED) is 0.587. The van der Waals surface area contributed by atoms with Gasteiger partial charge in [0.2, 0.25) is 0 Å². The number of ketones is 1. The zero-order valence-electron chi connectivity index (χ0n) is 8.54. The number of carbonyl (C=O) groups excluding carboxylic acids is 1. The number of hydrogen-bond acceptors (Lipinski definition) is 3. The molecule has 0 aromatic rings. The SMILES string of the molecule is CCC(=O)C(C)S(=O)CCCOC. The number of Topliss-reactive ketones (excluding diaryl/α,β-unsaturated/α-hetero) is 1. The molecule has 0 saturated heterocycles. The van der Waals surface area contributed by atoms with Gasteiger partial charge in [-0.3, -0.25) is 9.00 Å². The summed E-state index contributed by atoms with van der Waals surface area (Å²) in [6.45, 7) is 4.14. The van der Waals surface area contributed by atoms with Crippen LogP contribution in [0.4, 0.5) is 0 Å². The van der Waals surface area contributed by atoms with Gasteiger partial charge in [0.15, 0.2) is 0 Å². The van der Waals surface area contributed by atoms with Crippen LogP contribution in [0.25, 0.3) is 0 Å². The second kappa shape index (κ2) is 7.21. The van der Waals surface area contributed by atoms with Gasteiger partial charge in [-0.25, -0.2) is 0 Å². The average molecular weight is 206 g/mol. The first kappa shape index (κ1) is 12.8. The summed E-state index contributed by atoms with van der Waals surface area (Å²) in [5.74, 6) is 0.636. The van der Waals surface area contributed by atoms with Crippen molar-refractivity contribution in [1.29, 1.82) is 0 Å². The Morgan fingerprint density at radius 1 is 1.54 bits per heavy atom. The Bertz CT molecular complexity index is 180. The summed E-state index contributed by atoms with van der Waals surface area (Å²) in [6.07, 6.45) is 1.22. The first-order valence-corrected chi connectivity index (χ1v) is 5.90. The molecule has 0 bridgehead atoms. The van der Waals surface area contributed by atoms with E-state index in [0.717, 1.165) is 6.42 Å². The van der Waals surface area contributed by atoms with Crippen LogP contribution < -0.4 is 0 Å². The monoisotopic (exact) mass is 206 g/mol. The normalized spacial score (nSPS) is 15.3. The molecule has 2 atom stereocenters. The topological polar surface area (TPSA) is 43.4 Å². The third-order valence-corrected chi connectivity index (χ3v) is 3.63. The predicted octanol–water partition coefficient (Wildman–Crippen LogP) is 1.14. The van der Waals surface area contributed by atoms with E-state index in [-0.39, 0.29) is 11.0 Å². The molecule has 13 heavy (non-hydrogen) atoms. The van der Waals surface area contributed by atoms with E-state index < -0.39 is 10.8 Å². The fourth-order valence-electron chi connectivity index (χ4n) is 0.956. The van der Waals surface area contributed by atoms with Gasteiger partial charge in [-0.15, -0.1) is 0 Å². The summed E-state index contributed by atoms with van der Waals surface area (Å²) in [5, 5.41) is -0.318. The van der Waals surface area contributed by atoms with Crippen LogP contribution in [-0.4, -0.2) is 34.7 Å². The molecule has 0 amide bonds. The molecule has 0 N–H and O–H groups in total. The minimum absolute atomic E-state index is 0.0794. The van der Waals surface area contributed by atoms with Crippen LogP contribution in [0.1, 0.15) is 26.7 Å². The van der Waals surface area contributed by atoms with Crippen molar-refractivity contribution in [3.8, 4) is 0 Å². The van der Waals surface area contributed by atoms with Gasteiger partial charge >= 0.3 is 0 Å². The molecule has 0 heterocycles. The second-order valence-electron chi connectivity index (χ2n) is 2.89. The highest BCUT2D eigenvalue weighted by Gasteiger charge is 2.17. The number of rotatable bonds is 7. The number of hydrogen-bond donors (Lipinski definition) is 0. The van der Waals surface area contributed by atoms with Crippen molar-refractivity contribution in [2.45, 2.75) is 31.9 Å². The van der Waals surface area contributed by atoms with E-state index in [1.54, 1.807) is 21.0 Å². The molecule has 0 aromatic heterocycles. The number of carbonyl (C=O) groups is 1. The lowest BCUT2D eigenvalue weighted by atomic mass is 10.2. The Balaban J connectivity index is 3.76. The molecule has 0 spiro atoms. The Morgan fingerprint density at radius 2 is 2.15 bits per heavy atom. The van der Waals surface area contributed by atoms with Crippen LogP contribution in [0.5, 0.6) is 0 Å². The maximum Gasteiger partial charge on any atom is 0.147 e. The van der Waals surface area contributed by atoms with E-state index >= 15 is 0 Å². The third kappa shape index (κ3) is 5.16. The molecule has 0 aliphatic carbocycles. The highest BCUT2D eigenvalue weighted by molar-refractivity contribution is 7.86.